The maximum Gasteiger partial charge on any atom is 0.308 e. The number of nitrogens with one attached hydrogen (secondary N) is 2. The van der Waals surface area contributed by atoms with Crippen LogP contribution in [0.1, 0.15) is 30.9 Å². The summed E-state index contributed by atoms with van der Waals surface area (Å²) in [5.74, 6) is 0.867. The molecule has 0 spiro atoms. The second-order valence-electron chi connectivity index (χ2n) is 7.08. The molecule has 2 aromatic rings. The molecular formula is C21H30N4O2. The molecule has 0 atom stereocenters. The normalized spacial score (nSPS) is 16.0. The molecular weight excluding hydrogens is 340 g/mol. The van der Waals surface area contributed by atoms with Crippen LogP contribution in [0.25, 0.3) is 10.9 Å². The third kappa shape index (κ3) is 4.43. The fourth-order valence-electron chi connectivity index (χ4n) is 3.77. The number of likely N-dealkylation sites (tertiary alicyclic amines) is 1. The van der Waals surface area contributed by atoms with Crippen molar-refractivity contribution in [2.75, 3.05) is 33.3 Å². The summed E-state index contributed by atoms with van der Waals surface area (Å²) in [5.41, 5.74) is 3.79. The molecule has 2 heterocycles. The minimum atomic E-state index is -0.0915. The maximum atomic E-state index is 11.7. The van der Waals surface area contributed by atoms with Crippen LogP contribution in [-0.2, 0) is 16.0 Å². The van der Waals surface area contributed by atoms with E-state index in [1.54, 1.807) is 0 Å². The van der Waals surface area contributed by atoms with Crippen molar-refractivity contribution in [2.24, 2.45) is 10.9 Å². The molecule has 0 aliphatic carbocycles. The van der Waals surface area contributed by atoms with Gasteiger partial charge in [-0.15, -0.1) is 0 Å². The summed E-state index contributed by atoms with van der Waals surface area (Å²) in [4.78, 5) is 22.2. The topological polar surface area (TPSA) is 69.7 Å². The average Bonchev–Trinajstić information content (AvgIpc) is 3.11. The summed E-state index contributed by atoms with van der Waals surface area (Å²) in [6.07, 6.45) is 4.64. The zero-order valence-electron chi connectivity index (χ0n) is 16.5. The Morgan fingerprint density at radius 2 is 2.15 bits per heavy atom. The highest BCUT2D eigenvalue weighted by Crippen LogP contribution is 2.22. The first-order valence-electron chi connectivity index (χ1n) is 9.80. The highest BCUT2D eigenvalue weighted by molar-refractivity contribution is 5.86. The van der Waals surface area contributed by atoms with Crippen LogP contribution in [0.15, 0.2) is 29.4 Å². The van der Waals surface area contributed by atoms with Crippen molar-refractivity contribution in [3.63, 3.8) is 0 Å². The Bertz CT molecular complexity index is 804. The number of guanidine groups is 1. The zero-order chi connectivity index (χ0) is 19.2. The Labute approximate surface area is 161 Å². The van der Waals surface area contributed by atoms with Crippen molar-refractivity contribution in [2.45, 2.75) is 33.1 Å². The number of fused-ring (bicyclic) bond motifs is 1. The van der Waals surface area contributed by atoms with Gasteiger partial charge in [-0.05, 0) is 44.2 Å². The lowest BCUT2D eigenvalue weighted by Gasteiger charge is -2.33. The zero-order valence-corrected chi connectivity index (χ0v) is 16.5. The van der Waals surface area contributed by atoms with Gasteiger partial charge in [0.15, 0.2) is 5.96 Å². The van der Waals surface area contributed by atoms with Crippen LogP contribution in [0.2, 0.25) is 0 Å². The molecule has 146 valence electrons. The Hall–Kier alpha value is -2.50. The molecule has 6 heteroatoms. The van der Waals surface area contributed by atoms with Crippen molar-refractivity contribution in [3.8, 4) is 0 Å². The molecule has 1 aromatic heterocycles. The Balaban J connectivity index is 1.62. The second kappa shape index (κ2) is 8.93. The monoisotopic (exact) mass is 370 g/mol. The van der Waals surface area contributed by atoms with Crippen molar-refractivity contribution in [3.05, 3.63) is 35.5 Å². The van der Waals surface area contributed by atoms with E-state index in [1.165, 1.54) is 29.1 Å². The molecule has 6 nitrogen and oxygen atoms in total. The molecule has 0 radical (unpaired) electrons. The number of aromatic nitrogens is 1. The lowest BCUT2D eigenvalue weighted by Crippen LogP contribution is -2.46. The van der Waals surface area contributed by atoms with Gasteiger partial charge in [-0.1, -0.05) is 18.2 Å². The minimum Gasteiger partial charge on any atom is -0.469 e. The first-order chi connectivity index (χ1) is 13.1. The van der Waals surface area contributed by atoms with Crippen LogP contribution in [0.3, 0.4) is 0 Å². The number of para-hydroxylation sites is 1. The van der Waals surface area contributed by atoms with E-state index >= 15 is 0 Å². The summed E-state index contributed by atoms with van der Waals surface area (Å²) in [6.45, 7) is 7.44. The van der Waals surface area contributed by atoms with Gasteiger partial charge in [0.25, 0.3) is 0 Å². The molecule has 0 amide bonds. The van der Waals surface area contributed by atoms with Crippen molar-refractivity contribution >= 4 is 22.8 Å². The molecule has 3 rings (SSSR count). The number of carbonyl (C=O) groups excluding carboxylic acids is 1. The number of nitrogens with zero attached hydrogens (tertiary/aromatic N) is 2. The molecule has 0 bridgehead atoms. The predicted molar refractivity (Wildman–Crippen MR) is 109 cm³/mol. The summed E-state index contributed by atoms with van der Waals surface area (Å²) in [5, 5.41) is 4.67. The van der Waals surface area contributed by atoms with E-state index in [0.29, 0.717) is 0 Å². The van der Waals surface area contributed by atoms with E-state index in [0.717, 1.165) is 51.4 Å². The van der Waals surface area contributed by atoms with E-state index < -0.39 is 0 Å². The highest BCUT2D eigenvalue weighted by Gasteiger charge is 2.26. The number of aliphatic imine (C=N–C) groups is 1. The van der Waals surface area contributed by atoms with Crippen LogP contribution in [-0.4, -0.2) is 55.1 Å². The third-order valence-corrected chi connectivity index (χ3v) is 5.32. The lowest BCUT2D eigenvalue weighted by atomic mass is 9.97. The minimum absolute atomic E-state index is 0.0172. The molecule has 1 saturated heterocycles. The first kappa shape index (κ1) is 19.3. The number of methoxy groups -OCH3 is 1. The van der Waals surface area contributed by atoms with Gasteiger partial charge in [0, 0.05) is 43.3 Å². The van der Waals surface area contributed by atoms with E-state index in [1.807, 2.05) is 0 Å². The van der Waals surface area contributed by atoms with Gasteiger partial charge in [-0.2, -0.15) is 0 Å². The van der Waals surface area contributed by atoms with Crippen molar-refractivity contribution in [1.82, 2.24) is 15.2 Å². The second-order valence-corrected chi connectivity index (χ2v) is 7.08. The number of hydrogen-bond donors (Lipinski definition) is 2. The number of esters is 1. The van der Waals surface area contributed by atoms with Gasteiger partial charge in [0.2, 0.25) is 0 Å². The maximum absolute atomic E-state index is 11.7. The van der Waals surface area contributed by atoms with Gasteiger partial charge < -0.3 is 19.9 Å². The molecule has 1 aliphatic rings. The fourth-order valence-corrected chi connectivity index (χ4v) is 3.77. The molecule has 1 aromatic carbocycles. The molecule has 2 N–H and O–H groups in total. The van der Waals surface area contributed by atoms with E-state index in [2.05, 4.69) is 53.4 Å². The standard InChI is InChI=1S/C21H30N4O2/c1-4-22-21(25-12-9-16(10-13-25)20(26)27-3)23-11-8-17-14-24-19-15(2)6-5-7-18(17)19/h5-7,14,16,24H,4,8-13H2,1-3H3,(H,22,23). The number of ether oxygens (including phenoxy) is 1. The van der Waals surface area contributed by atoms with E-state index in [9.17, 15) is 4.79 Å². The quantitative estimate of drug-likeness (QED) is 0.482. The smallest absolute Gasteiger partial charge is 0.308 e. The fraction of sp³-hybridized carbons (Fsp3) is 0.524. The number of benzene rings is 1. The number of rotatable bonds is 5. The molecule has 1 aliphatic heterocycles. The third-order valence-electron chi connectivity index (χ3n) is 5.32. The number of aryl methyl sites for hydroxylation is 1. The SMILES string of the molecule is CCNC(=NCCc1c[nH]c2c(C)cccc12)N1CCC(C(=O)OC)CC1. The summed E-state index contributed by atoms with van der Waals surface area (Å²) < 4.78 is 4.88. The molecule has 27 heavy (non-hydrogen) atoms. The first-order valence-corrected chi connectivity index (χ1v) is 9.80. The van der Waals surface area contributed by atoms with Crippen LogP contribution in [0.4, 0.5) is 0 Å². The van der Waals surface area contributed by atoms with Gasteiger partial charge in [-0.3, -0.25) is 9.79 Å². The Morgan fingerprint density at radius 1 is 1.37 bits per heavy atom. The van der Waals surface area contributed by atoms with Gasteiger partial charge >= 0.3 is 5.97 Å². The predicted octanol–water partition coefficient (Wildman–Crippen LogP) is 2.87. The van der Waals surface area contributed by atoms with Crippen LogP contribution in [0.5, 0.6) is 0 Å². The van der Waals surface area contributed by atoms with Crippen LogP contribution >= 0.6 is 0 Å². The number of piperidine rings is 1. The summed E-state index contributed by atoms with van der Waals surface area (Å²) in [6, 6.07) is 6.40. The largest absolute Gasteiger partial charge is 0.469 e. The average molecular weight is 370 g/mol. The van der Waals surface area contributed by atoms with E-state index in [4.69, 9.17) is 9.73 Å². The number of hydrogen-bond acceptors (Lipinski definition) is 3. The molecule has 0 saturated carbocycles. The van der Waals surface area contributed by atoms with Gasteiger partial charge in [0.05, 0.1) is 13.0 Å². The lowest BCUT2D eigenvalue weighted by molar-refractivity contribution is -0.146. The Kier molecular flexibility index (Phi) is 6.37. The van der Waals surface area contributed by atoms with Gasteiger partial charge in [0.1, 0.15) is 0 Å². The van der Waals surface area contributed by atoms with Crippen molar-refractivity contribution < 1.29 is 9.53 Å². The summed E-state index contributed by atoms with van der Waals surface area (Å²) in [7, 11) is 1.46. The van der Waals surface area contributed by atoms with Gasteiger partial charge in [-0.25, -0.2) is 0 Å². The highest BCUT2D eigenvalue weighted by atomic mass is 16.5. The number of carbonyl (C=O) groups is 1. The van der Waals surface area contributed by atoms with Crippen LogP contribution in [0, 0.1) is 12.8 Å². The number of H-pyrrole nitrogens is 1. The molecule has 0 unspecified atom stereocenters. The summed E-state index contributed by atoms with van der Waals surface area (Å²) >= 11 is 0. The molecule has 1 fully saturated rings. The van der Waals surface area contributed by atoms with Crippen molar-refractivity contribution in [1.29, 1.82) is 0 Å². The Morgan fingerprint density at radius 3 is 2.85 bits per heavy atom. The van der Waals surface area contributed by atoms with E-state index in [-0.39, 0.29) is 11.9 Å². The number of aromatic amines is 1. The van der Waals surface area contributed by atoms with Crippen LogP contribution < -0.4 is 5.32 Å².